The lowest BCUT2D eigenvalue weighted by molar-refractivity contribution is 0.0956. The van der Waals surface area contributed by atoms with Gasteiger partial charge in [-0.05, 0) is 30.7 Å². The van der Waals surface area contributed by atoms with Crippen LogP contribution in [0.4, 0.5) is 0 Å². The van der Waals surface area contributed by atoms with E-state index in [4.69, 9.17) is 5.26 Å². The zero-order chi connectivity index (χ0) is 15.8. The van der Waals surface area contributed by atoms with Crippen molar-refractivity contribution in [3.8, 4) is 6.07 Å². The van der Waals surface area contributed by atoms with E-state index < -0.39 is 0 Å². The summed E-state index contributed by atoms with van der Waals surface area (Å²) >= 11 is 1.71. The van der Waals surface area contributed by atoms with Gasteiger partial charge in [0.1, 0.15) is 0 Å². The van der Waals surface area contributed by atoms with Gasteiger partial charge in [0.15, 0.2) is 0 Å². The lowest BCUT2D eigenvalue weighted by atomic mass is 10.1. The summed E-state index contributed by atoms with van der Waals surface area (Å²) in [7, 11) is 0. The van der Waals surface area contributed by atoms with Gasteiger partial charge in [-0.1, -0.05) is 35.9 Å². The molecule has 0 aliphatic carbocycles. The summed E-state index contributed by atoms with van der Waals surface area (Å²) in [6.07, 6.45) is 0. The predicted octanol–water partition coefficient (Wildman–Crippen LogP) is 3.53. The molecule has 3 nitrogen and oxygen atoms in total. The first kappa shape index (κ1) is 16.1. The molecule has 0 bridgehead atoms. The van der Waals surface area contributed by atoms with E-state index in [1.807, 2.05) is 55.5 Å². The van der Waals surface area contributed by atoms with Gasteiger partial charge < -0.3 is 5.32 Å². The van der Waals surface area contributed by atoms with Gasteiger partial charge in [0.2, 0.25) is 0 Å². The lowest BCUT2D eigenvalue weighted by Gasteiger charge is -2.06. The zero-order valence-electron chi connectivity index (χ0n) is 12.5. The van der Waals surface area contributed by atoms with Crippen LogP contribution < -0.4 is 5.32 Å². The number of rotatable bonds is 6. The van der Waals surface area contributed by atoms with Crippen LogP contribution in [-0.4, -0.2) is 18.2 Å². The second-order valence-corrected chi connectivity index (χ2v) is 6.05. The summed E-state index contributed by atoms with van der Waals surface area (Å²) < 4.78 is 0. The Bertz CT molecular complexity index is 674. The number of nitrogens with one attached hydrogen (secondary N) is 1. The minimum Gasteiger partial charge on any atom is -0.351 e. The van der Waals surface area contributed by atoms with E-state index >= 15 is 0 Å². The molecule has 0 saturated carbocycles. The maximum Gasteiger partial charge on any atom is 0.251 e. The first-order valence-corrected chi connectivity index (χ1v) is 8.27. The molecule has 0 spiro atoms. The van der Waals surface area contributed by atoms with Crippen LogP contribution in [0, 0.1) is 18.3 Å². The number of carbonyl (C=O) groups excluding carboxylic acids is 1. The second kappa shape index (κ2) is 8.26. The average molecular weight is 310 g/mol. The van der Waals surface area contributed by atoms with Gasteiger partial charge >= 0.3 is 0 Å². The van der Waals surface area contributed by atoms with Crippen molar-refractivity contribution >= 4 is 17.7 Å². The van der Waals surface area contributed by atoms with Gasteiger partial charge in [-0.15, -0.1) is 0 Å². The summed E-state index contributed by atoms with van der Waals surface area (Å²) in [5, 5.41) is 11.9. The molecule has 0 aliphatic heterocycles. The van der Waals surface area contributed by atoms with Crippen molar-refractivity contribution in [1.29, 1.82) is 5.26 Å². The highest BCUT2D eigenvalue weighted by molar-refractivity contribution is 7.98. The van der Waals surface area contributed by atoms with Crippen LogP contribution in [0.15, 0.2) is 48.5 Å². The third-order valence-corrected chi connectivity index (χ3v) is 4.25. The van der Waals surface area contributed by atoms with Gasteiger partial charge in [0.05, 0.1) is 11.6 Å². The quantitative estimate of drug-likeness (QED) is 0.830. The Morgan fingerprint density at radius 3 is 2.64 bits per heavy atom. The number of hydrogen-bond acceptors (Lipinski definition) is 3. The highest BCUT2D eigenvalue weighted by Crippen LogP contribution is 2.15. The Labute approximate surface area is 135 Å². The van der Waals surface area contributed by atoms with Gasteiger partial charge in [-0.3, -0.25) is 4.79 Å². The summed E-state index contributed by atoms with van der Waals surface area (Å²) in [6.45, 7) is 2.61. The standard InChI is InChI=1S/C18H18N2OS/c1-14-6-8-15(9-7-14)18(21)20-10-11-22-13-17-5-3-2-4-16(17)12-19/h2-9H,10-11,13H2,1H3,(H,20,21). The SMILES string of the molecule is Cc1ccc(C(=O)NCCSCc2ccccc2C#N)cc1. The first-order chi connectivity index (χ1) is 10.7. The maximum absolute atomic E-state index is 11.9. The minimum absolute atomic E-state index is 0.0435. The zero-order valence-corrected chi connectivity index (χ0v) is 13.3. The monoisotopic (exact) mass is 310 g/mol. The molecule has 2 aromatic carbocycles. The molecule has 112 valence electrons. The number of carbonyl (C=O) groups is 1. The normalized spacial score (nSPS) is 10.0. The Morgan fingerprint density at radius 1 is 1.18 bits per heavy atom. The Morgan fingerprint density at radius 2 is 1.91 bits per heavy atom. The maximum atomic E-state index is 11.9. The van der Waals surface area contributed by atoms with Gasteiger partial charge in [0, 0.05) is 23.6 Å². The van der Waals surface area contributed by atoms with Gasteiger partial charge in [0.25, 0.3) is 5.91 Å². The molecular formula is C18H18N2OS. The highest BCUT2D eigenvalue weighted by Gasteiger charge is 2.04. The second-order valence-electron chi connectivity index (χ2n) is 4.94. The van der Waals surface area contributed by atoms with E-state index in [2.05, 4.69) is 11.4 Å². The van der Waals surface area contributed by atoms with Crippen LogP contribution in [0.2, 0.25) is 0 Å². The molecule has 0 heterocycles. The molecule has 0 aliphatic rings. The molecule has 2 aromatic rings. The predicted molar refractivity (Wildman–Crippen MR) is 90.8 cm³/mol. The smallest absolute Gasteiger partial charge is 0.251 e. The third kappa shape index (κ3) is 4.64. The third-order valence-electron chi connectivity index (χ3n) is 3.24. The Balaban J connectivity index is 1.72. The molecular weight excluding hydrogens is 292 g/mol. The van der Waals surface area contributed by atoms with Crippen LogP contribution in [0.3, 0.4) is 0 Å². The van der Waals surface area contributed by atoms with E-state index in [1.54, 1.807) is 11.8 Å². The molecule has 2 rings (SSSR count). The Kier molecular flexibility index (Phi) is 6.05. The van der Waals surface area contributed by atoms with E-state index in [0.717, 1.165) is 28.2 Å². The summed E-state index contributed by atoms with van der Waals surface area (Å²) in [5.74, 6) is 1.56. The molecule has 4 heteroatoms. The van der Waals surface area contributed by atoms with E-state index in [-0.39, 0.29) is 5.91 Å². The van der Waals surface area contributed by atoms with E-state index in [1.165, 1.54) is 0 Å². The average Bonchev–Trinajstić information content (AvgIpc) is 2.55. The van der Waals surface area contributed by atoms with Crippen LogP contribution in [0.25, 0.3) is 0 Å². The number of thioether (sulfide) groups is 1. The van der Waals surface area contributed by atoms with Crippen LogP contribution >= 0.6 is 11.8 Å². The van der Waals surface area contributed by atoms with E-state index in [9.17, 15) is 4.79 Å². The molecule has 0 aromatic heterocycles. The molecule has 22 heavy (non-hydrogen) atoms. The van der Waals surface area contributed by atoms with E-state index in [0.29, 0.717) is 12.1 Å². The number of amides is 1. The largest absolute Gasteiger partial charge is 0.351 e. The van der Waals surface area contributed by atoms with Crippen LogP contribution in [-0.2, 0) is 5.75 Å². The van der Waals surface area contributed by atoms with Crippen LogP contribution in [0.1, 0.15) is 27.0 Å². The summed E-state index contributed by atoms with van der Waals surface area (Å²) in [6, 6.07) is 17.3. The fourth-order valence-electron chi connectivity index (χ4n) is 1.98. The van der Waals surface area contributed by atoms with Crippen molar-refractivity contribution in [2.45, 2.75) is 12.7 Å². The fraction of sp³-hybridized carbons (Fsp3) is 0.222. The van der Waals surface area contributed by atoms with Crippen molar-refractivity contribution in [2.75, 3.05) is 12.3 Å². The fourth-order valence-corrected chi connectivity index (χ4v) is 2.84. The Hall–Kier alpha value is -2.25. The number of aryl methyl sites for hydroxylation is 1. The first-order valence-electron chi connectivity index (χ1n) is 7.11. The summed E-state index contributed by atoms with van der Waals surface area (Å²) in [4.78, 5) is 11.9. The van der Waals surface area contributed by atoms with Gasteiger partial charge in [-0.2, -0.15) is 17.0 Å². The van der Waals surface area contributed by atoms with Gasteiger partial charge in [-0.25, -0.2) is 0 Å². The number of hydrogen-bond donors (Lipinski definition) is 1. The molecule has 0 saturated heterocycles. The lowest BCUT2D eigenvalue weighted by Crippen LogP contribution is -2.25. The molecule has 0 unspecified atom stereocenters. The van der Waals surface area contributed by atoms with Crippen LogP contribution in [0.5, 0.6) is 0 Å². The topological polar surface area (TPSA) is 52.9 Å². The molecule has 0 fully saturated rings. The van der Waals surface area contributed by atoms with Crippen molar-refractivity contribution < 1.29 is 4.79 Å². The number of nitrogens with zero attached hydrogens (tertiary/aromatic N) is 1. The highest BCUT2D eigenvalue weighted by atomic mass is 32.2. The van der Waals surface area contributed by atoms with Crippen molar-refractivity contribution in [1.82, 2.24) is 5.32 Å². The summed E-state index contributed by atoms with van der Waals surface area (Å²) in [5.41, 5.74) is 3.59. The molecule has 1 N–H and O–H groups in total. The number of nitriles is 1. The molecule has 0 atom stereocenters. The van der Waals surface area contributed by atoms with Crippen molar-refractivity contribution in [3.05, 3.63) is 70.8 Å². The molecule has 1 amide bonds. The van der Waals surface area contributed by atoms with Crippen molar-refractivity contribution in [2.24, 2.45) is 0 Å². The number of benzene rings is 2. The molecule has 0 radical (unpaired) electrons. The minimum atomic E-state index is -0.0435. The van der Waals surface area contributed by atoms with Crippen molar-refractivity contribution in [3.63, 3.8) is 0 Å².